The van der Waals surface area contributed by atoms with Crippen molar-refractivity contribution >= 4 is 23.4 Å². The maximum Gasteiger partial charge on any atom is 0.328 e. The number of rotatable bonds is 7. The fourth-order valence-electron chi connectivity index (χ4n) is 8.01. The van der Waals surface area contributed by atoms with E-state index in [1.54, 1.807) is 0 Å². The molecule has 4 aliphatic carbocycles. The lowest BCUT2D eigenvalue weighted by molar-refractivity contribution is -0.159. The molecular formula is C27H40N2O7. The number of oxime groups is 1. The van der Waals surface area contributed by atoms with Crippen LogP contribution in [0.1, 0.15) is 79.1 Å². The third-order valence-corrected chi connectivity index (χ3v) is 10.2. The number of aliphatic hydroxyl groups is 2. The number of hydrogen-bond acceptors (Lipinski definition) is 7. The molecule has 0 radical (unpaired) electrons. The van der Waals surface area contributed by atoms with Crippen molar-refractivity contribution in [2.75, 3.05) is 6.61 Å². The Hall–Kier alpha value is -2.26. The molecule has 8 atom stereocenters. The summed E-state index contributed by atoms with van der Waals surface area (Å²) < 4.78 is 0. The van der Waals surface area contributed by atoms with Crippen molar-refractivity contribution in [1.82, 2.24) is 5.32 Å². The number of nitrogens with zero attached hydrogens (tertiary/aromatic N) is 1. The van der Waals surface area contributed by atoms with Crippen molar-refractivity contribution < 1.29 is 34.5 Å². The van der Waals surface area contributed by atoms with E-state index in [0.717, 1.165) is 50.7 Å². The molecule has 0 aliphatic heterocycles. The number of Topliss-reactive ketones (excluding diaryl/α,β-unsaturated/α-hetero) is 1. The summed E-state index contributed by atoms with van der Waals surface area (Å²) in [7, 11) is 0. The zero-order valence-corrected chi connectivity index (χ0v) is 21.7. The van der Waals surface area contributed by atoms with Crippen LogP contribution in [0, 0.1) is 28.6 Å². The molecule has 9 heteroatoms. The number of carboxylic acid groups (broad SMARTS) is 1. The highest BCUT2D eigenvalue weighted by molar-refractivity contribution is 5.96. The molecule has 200 valence electrons. The van der Waals surface area contributed by atoms with Crippen LogP contribution in [0.5, 0.6) is 0 Å². The molecular weight excluding hydrogens is 464 g/mol. The summed E-state index contributed by atoms with van der Waals surface area (Å²) in [4.78, 5) is 40.8. The molecule has 0 unspecified atom stereocenters. The molecule has 4 N–H and O–H groups in total. The molecule has 0 aromatic rings. The number of amides is 1. The zero-order valence-electron chi connectivity index (χ0n) is 21.7. The Labute approximate surface area is 212 Å². The second-order valence-corrected chi connectivity index (χ2v) is 11.9. The second-order valence-electron chi connectivity index (χ2n) is 11.9. The number of allylic oxidation sites excluding steroid dienone is 2. The predicted molar refractivity (Wildman–Crippen MR) is 132 cm³/mol. The maximum atomic E-state index is 12.4. The first kappa shape index (κ1) is 26.8. The molecule has 9 nitrogen and oxygen atoms in total. The number of carbonyl (C=O) groups is 3. The third kappa shape index (κ3) is 4.28. The Bertz CT molecular complexity index is 991. The minimum absolute atomic E-state index is 0.0452. The highest BCUT2D eigenvalue weighted by Gasteiger charge is 2.65. The number of ketones is 1. The van der Waals surface area contributed by atoms with Gasteiger partial charge in [-0.15, -0.1) is 0 Å². The van der Waals surface area contributed by atoms with Gasteiger partial charge in [0.2, 0.25) is 0 Å². The number of hydrogen-bond donors (Lipinski definition) is 4. The van der Waals surface area contributed by atoms with Crippen molar-refractivity contribution in [1.29, 1.82) is 0 Å². The van der Waals surface area contributed by atoms with E-state index >= 15 is 0 Å². The van der Waals surface area contributed by atoms with Gasteiger partial charge in [-0.1, -0.05) is 24.6 Å². The smallest absolute Gasteiger partial charge is 0.328 e. The van der Waals surface area contributed by atoms with Crippen LogP contribution >= 0.6 is 0 Å². The first-order valence-electron chi connectivity index (χ1n) is 13.2. The number of carboxylic acids is 1. The Morgan fingerprint density at radius 2 is 1.83 bits per heavy atom. The third-order valence-electron chi connectivity index (χ3n) is 10.2. The van der Waals surface area contributed by atoms with E-state index in [0.29, 0.717) is 24.2 Å². The number of fused-ring (bicyclic) bond motifs is 5. The summed E-state index contributed by atoms with van der Waals surface area (Å²) in [5.74, 6) is -0.709. The molecule has 0 spiro atoms. The van der Waals surface area contributed by atoms with Crippen LogP contribution in [0.4, 0.5) is 0 Å². The van der Waals surface area contributed by atoms with Crippen LogP contribution in [-0.2, 0) is 19.2 Å². The molecule has 0 aromatic heterocycles. The lowest BCUT2D eigenvalue weighted by Gasteiger charge is -2.59. The fourth-order valence-corrected chi connectivity index (χ4v) is 8.01. The Balaban J connectivity index is 1.42. The van der Waals surface area contributed by atoms with Crippen molar-refractivity contribution in [3.63, 3.8) is 0 Å². The van der Waals surface area contributed by atoms with Gasteiger partial charge in [-0.3, -0.25) is 9.59 Å². The lowest BCUT2D eigenvalue weighted by atomic mass is 9.46. The largest absolute Gasteiger partial charge is 0.480 e. The molecule has 3 saturated carbocycles. The van der Waals surface area contributed by atoms with Gasteiger partial charge in [0, 0.05) is 5.41 Å². The van der Waals surface area contributed by atoms with E-state index in [9.17, 15) is 24.6 Å². The van der Waals surface area contributed by atoms with Gasteiger partial charge in [-0.2, -0.15) is 0 Å². The second kappa shape index (κ2) is 9.56. The average molecular weight is 505 g/mol. The molecule has 1 amide bonds. The first-order valence-corrected chi connectivity index (χ1v) is 13.2. The SMILES string of the molecule is CC(=O)[C@@]1(O)CC[C@H]2[C@@H]3CCC4=C/C(=N/OCC(=O)N[C@H](C(=O)O)[C@@H](C)O)CC[C@]4(C)[C@H]3CC[C@@]21C. The van der Waals surface area contributed by atoms with Gasteiger partial charge in [0.15, 0.2) is 18.4 Å². The van der Waals surface area contributed by atoms with E-state index in [4.69, 9.17) is 9.94 Å². The average Bonchev–Trinajstić information content (AvgIpc) is 3.09. The molecule has 3 fully saturated rings. The lowest BCUT2D eigenvalue weighted by Crippen LogP contribution is -2.57. The number of carbonyl (C=O) groups excluding carboxylic acids is 2. The summed E-state index contributed by atoms with van der Waals surface area (Å²) in [6.07, 6.45) is 7.83. The Kier molecular flexibility index (Phi) is 7.11. The summed E-state index contributed by atoms with van der Waals surface area (Å²) >= 11 is 0. The monoisotopic (exact) mass is 504 g/mol. The van der Waals surface area contributed by atoms with Gasteiger partial charge in [-0.05, 0) is 94.5 Å². The quantitative estimate of drug-likeness (QED) is 0.390. The maximum absolute atomic E-state index is 12.4. The van der Waals surface area contributed by atoms with E-state index in [1.807, 2.05) is 0 Å². The minimum atomic E-state index is -1.40. The van der Waals surface area contributed by atoms with Gasteiger partial charge in [-0.25, -0.2) is 4.79 Å². The van der Waals surface area contributed by atoms with Gasteiger partial charge in [0.25, 0.3) is 5.91 Å². The molecule has 0 saturated heterocycles. The van der Waals surface area contributed by atoms with Crippen LogP contribution < -0.4 is 5.32 Å². The van der Waals surface area contributed by atoms with E-state index in [1.165, 1.54) is 19.4 Å². The van der Waals surface area contributed by atoms with Gasteiger partial charge in [0.05, 0.1) is 11.8 Å². The highest BCUT2D eigenvalue weighted by Crippen LogP contribution is 2.67. The van der Waals surface area contributed by atoms with E-state index in [-0.39, 0.29) is 16.6 Å². The van der Waals surface area contributed by atoms with Gasteiger partial charge < -0.3 is 25.5 Å². The molecule has 0 heterocycles. The number of aliphatic hydroxyl groups excluding tert-OH is 1. The van der Waals surface area contributed by atoms with Crippen molar-refractivity contribution in [2.24, 2.45) is 33.7 Å². The molecule has 4 aliphatic rings. The minimum Gasteiger partial charge on any atom is -0.480 e. The van der Waals surface area contributed by atoms with Crippen LogP contribution in [0.25, 0.3) is 0 Å². The van der Waals surface area contributed by atoms with Crippen LogP contribution in [-0.4, -0.2) is 63.0 Å². The molecule has 0 bridgehead atoms. The predicted octanol–water partition coefficient (Wildman–Crippen LogP) is 2.59. The summed E-state index contributed by atoms with van der Waals surface area (Å²) in [6, 6.07) is -1.40. The summed E-state index contributed by atoms with van der Waals surface area (Å²) in [5, 5.41) is 36.3. The van der Waals surface area contributed by atoms with Crippen molar-refractivity contribution in [3.05, 3.63) is 11.6 Å². The van der Waals surface area contributed by atoms with Crippen LogP contribution in [0.15, 0.2) is 16.8 Å². The van der Waals surface area contributed by atoms with Crippen LogP contribution in [0.2, 0.25) is 0 Å². The van der Waals surface area contributed by atoms with Gasteiger partial charge >= 0.3 is 5.97 Å². The Morgan fingerprint density at radius 3 is 2.47 bits per heavy atom. The van der Waals surface area contributed by atoms with Crippen molar-refractivity contribution in [3.8, 4) is 0 Å². The van der Waals surface area contributed by atoms with E-state index in [2.05, 4.69) is 30.4 Å². The Morgan fingerprint density at radius 1 is 1.14 bits per heavy atom. The summed E-state index contributed by atoms with van der Waals surface area (Å²) in [5.41, 5.74) is 0.622. The standard InChI is InChI=1S/C27H40N2O7/c1-15(30)23(24(33)34)28-22(32)14-36-29-18-7-10-25(3)17(13-18)5-6-19-20(25)8-11-26(4)21(19)9-12-27(26,35)16(2)31/h13,15,19-21,23,30,35H,5-12,14H2,1-4H3,(H,28,32)(H,33,34)/b29-18+/t15-,19-,20+,21+,23+,25+,26+,27+/m1/s1. The van der Waals surface area contributed by atoms with E-state index < -0.39 is 36.2 Å². The normalized spacial score (nSPS) is 40.2. The van der Waals surface area contributed by atoms with Crippen molar-refractivity contribution in [2.45, 2.75) is 96.8 Å². The first-order chi connectivity index (χ1) is 16.8. The molecule has 0 aromatic carbocycles. The zero-order chi connectivity index (χ0) is 26.5. The molecule has 36 heavy (non-hydrogen) atoms. The fraction of sp³-hybridized carbons (Fsp3) is 0.778. The number of nitrogens with one attached hydrogen (secondary N) is 1. The highest BCUT2D eigenvalue weighted by atomic mass is 16.6. The van der Waals surface area contributed by atoms with Crippen LogP contribution in [0.3, 0.4) is 0 Å². The topological polar surface area (TPSA) is 146 Å². The summed E-state index contributed by atoms with van der Waals surface area (Å²) in [6.45, 7) is 6.88. The van der Waals surface area contributed by atoms with Gasteiger partial charge in [0.1, 0.15) is 5.60 Å². The molecule has 4 rings (SSSR count). The number of aliphatic carboxylic acids is 1.